The van der Waals surface area contributed by atoms with Crippen molar-refractivity contribution < 1.29 is 28.5 Å². The second-order valence-electron chi connectivity index (χ2n) is 9.50. The molecule has 3 N–H and O–H groups in total. The van der Waals surface area contributed by atoms with Crippen LogP contribution < -0.4 is 10.1 Å². The van der Waals surface area contributed by atoms with E-state index in [0.717, 1.165) is 11.1 Å². The van der Waals surface area contributed by atoms with Gasteiger partial charge in [0.25, 0.3) is 0 Å². The highest BCUT2D eigenvalue weighted by Crippen LogP contribution is 2.28. The molecule has 0 amide bonds. The second kappa shape index (κ2) is 12.0. The van der Waals surface area contributed by atoms with Crippen molar-refractivity contribution in [2.24, 2.45) is 0 Å². The molecule has 0 fully saturated rings. The third-order valence-corrected chi connectivity index (χ3v) is 6.02. The Morgan fingerprint density at radius 2 is 1.70 bits per heavy atom. The number of aromatic carboxylic acids is 1. The average molecular weight is 509 g/mol. The Bertz CT molecular complexity index is 1280. The molecule has 0 aliphatic carbocycles. The Labute approximate surface area is 215 Å². The standard InChI is InChI=1S/C29H30F2N2O4/c1-4-24-25(30)11-18(12-26(24)31)14-29(2,3)33-16-23(34)17-37-27-13-21(9-10-22(27)15-32)19-5-7-20(8-6-19)28(35)36/h5-13,23,33-34H,4,14,16-17H2,1-3H3,(H,35,36)/t23-/m0/s1. The maximum Gasteiger partial charge on any atom is 0.335 e. The molecule has 3 rings (SSSR count). The van der Waals surface area contributed by atoms with Gasteiger partial charge in [-0.05, 0) is 79.8 Å². The number of aliphatic hydroxyl groups is 1. The largest absolute Gasteiger partial charge is 0.489 e. The zero-order valence-electron chi connectivity index (χ0n) is 21.0. The molecule has 0 bridgehead atoms. The fraction of sp³-hybridized carbons (Fsp3) is 0.310. The van der Waals surface area contributed by atoms with Crippen LogP contribution in [-0.4, -0.2) is 41.0 Å². The summed E-state index contributed by atoms with van der Waals surface area (Å²) in [5.41, 5.74) is 1.97. The Morgan fingerprint density at radius 3 is 2.27 bits per heavy atom. The summed E-state index contributed by atoms with van der Waals surface area (Å²) in [6.07, 6.45) is -0.293. The first-order valence-corrected chi connectivity index (χ1v) is 11.9. The predicted octanol–water partition coefficient (Wildman–Crippen LogP) is 5.11. The molecule has 0 aromatic heterocycles. The molecule has 8 heteroatoms. The number of nitrogens with one attached hydrogen (secondary N) is 1. The molecule has 0 saturated carbocycles. The summed E-state index contributed by atoms with van der Waals surface area (Å²) in [7, 11) is 0. The van der Waals surface area contributed by atoms with Crippen LogP contribution in [-0.2, 0) is 12.8 Å². The third-order valence-electron chi connectivity index (χ3n) is 6.02. The number of aliphatic hydroxyl groups excluding tert-OH is 1. The number of hydrogen-bond donors (Lipinski definition) is 3. The quantitative estimate of drug-likeness (QED) is 0.333. The van der Waals surface area contributed by atoms with Gasteiger partial charge < -0.3 is 20.3 Å². The smallest absolute Gasteiger partial charge is 0.335 e. The monoisotopic (exact) mass is 508 g/mol. The summed E-state index contributed by atoms with van der Waals surface area (Å²) >= 11 is 0. The number of rotatable bonds is 11. The van der Waals surface area contributed by atoms with E-state index < -0.39 is 29.2 Å². The summed E-state index contributed by atoms with van der Waals surface area (Å²) in [4.78, 5) is 11.1. The van der Waals surface area contributed by atoms with Crippen LogP contribution in [0.25, 0.3) is 11.1 Å². The zero-order valence-corrected chi connectivity index (χ0v) is 21.0. The summed E-state index contributed by atoms with van der Waals surface area (Å²) in [5.74, 6) is -1.84. The molecule has 0 aliphatic heterocycles. The number of nitriles is 1. The van der Waals surface area contributed by atoms with Gasteiger partial charge in [-0.25, -0.2) is 13.6 Å². The van der Waals surface area contributed by atoms with E-state index in [-0.39, 0.29) is 30.7 Å². The summed E-state index contributed by atoms with van der Waals surface area (Å²) in [6, 6.07) is 16.1. The van der Waals surface area contributed by atoms with Gasteiger partial charge in [-0.3, -0.25) is 0 Å². The van der Waals surface area contributed by atoms with Gasteiger partial charge in [0.2, 0.25) is 0 Å². The van der Waals surface area contributed by atoms with Crippen LogP contribution in [0.2, 0.25) is 0 Å². The van der Waals surface area contributed by atoms with Gasteiger partial charge in [0.1, 0.15) is 36.2 Å². The lowest BCUT2D eigenvalue weighted by atomic mass is 9.93. The van der Waals surface area contributed by atoms with Crippen molar-refractivity contribution in [2.75, 3.05) is 13.2 Å². The number of β-amino-alcohol motifs (C(OH)–C–C–N with tert-alkyl or cyclic N) is 1. The molecule has 0 aliphatic rings. The molecule has 3 aromatic rings. The van der Waals surface area contributed by atoms with E-state index in [1.165, 1.54) is 24.3 Å². The number of halogens is 2. The minimum Gasteiger partial charge on any atom is -0.489 e. The lowest BCUT2D eigenvalue weighted by molar-refractivity contribution is 0.0697. The summed E-state index contributed by atoms with van der Waals surface area (Å²) in [5, 5.41) is 32.2. The number of carboxylic acid groups (broad SMARTS) is 1. The van der Waals surface area contributed by atoms with Crippen molar-refractivity contribution in [3.8, 4) is 22.9 Å². The van der Waals surface area contributed by atoms with Crippen molar-refractivity contribution in [2.45, 2.75) is 45.3 Å². The van der Waals surface area contributed by atoms with Gasteiger partial charge in [-0.2, -0.15) is 5.26 Å². The Balaban J connectivity index is 1.61. The molecule has 3 aromatic carbocycles. The van der Waals surface area contributed by atoms with Crippen LogP contribution >= 0.6 is 0 Å². The topological polar surface area (TPSA) is 103 Å². The van der Waals surface area contributed by atoms with Gasteiger partial charge in [-0.1, -0.05) is 25.1 Å². The van der Waals surface area contributed by atoms with Gasteiger partial charge in [-0.15, -0.1) is 0 Å². The molecule has 0 heterocycles. The molecule has 0 unspecified atom stereocenters. The number of carbonyl (C=O) groups is 1. The van der Waals surface area contributed by atoms with Crippen molar-refractivity contribution in [1.82, 2.24) is 5.32 Å². The normalized spacial score (nSPS) is 12.1. The lowest BCUT2D eigenvalue weighted by Gasteiger charge is -2.28. The lowest BCUT2D eigenvalue weighted by Crippen LogP contribution is -2.46. The highest BCUT2D eigenvalue weighted by molar-refractivity contribution is 5.88. The van der Waals surface area contributed by atoms with Crippen LogP contribution in [0.1, 0.15) is 47.8 Å². The van der Waals surface area contributed by atoms with Gasteiger partial charge in [0.15, 0.2) is 0 Å². The van der Waals surface area contributed by atoms with Gasteiger partial charge >= 0.3 is 5.97 Å². The van der Waals surface area contributed by atoms with E-state index in [0.29, 0.717) is 23.3 Å². The summed E-state index contributed by atoms with van der Waals surface area (Å²) < 4.78 is 34.0. The van der Waals surface area contributed by atoms with E-state index in [9.17, 15) is 23.9 Å². The molecule has 194 valence electrons. The number of hydrogen-bond acceptors (Lipinski definition) is 5. The first kappa shape index (κ1) is 27.8. The molecule has 0 radical (unpaired) electrons. The first-order chi connectivity index (χ1) is 17.5. The maximum absolute atomic E-state index is 14.1. The highest BCUT2D eigenvalue weighted by Gasteiger charge is 2.21. The van der Waals surface area contributed by atoms with E-state index in [1.54, 1.807) is 37.3 Å². The average Bonchev–Trinajstić information content (AvgIpc) is 2.85. The Hall–Kier alpha value is -3.80. The number of nitrogens with zero attached hydrogens (tertiary/aromatic N) is 1. The van der Waals surface area contributed by atoms with Crippen LogP contribution in [0.5, 0.6) is 5.75 Å². The maximum atomic E-state index is 14.1. The number of ether oxygens (including phenoxy) is 1. The van der Waals surface area contributed by atoms with E-state index in [1.807, 2.05) is 13.8 Å². The van der Waals surface area contributed by atoms with E-state index in [2.05, 4.69) is 11.4 Å². The molecular weight excluding hydrogens is 478 g/mol. The minimum atomic E-state index is -1.02. The summed E-state index contributed by atoms with van der Waals surface area (Å²) in [6.45, 7) is 5.51. The second-order valence-corrected chi connectivity index (χ2v) is 9.50. The van der Waals surface area contributed by atoms with E-state index in [4.69, 9.17) is 9.84 Å². The van der Waals surface area contributed by atoms with Crippen LogP contribution in [0.3, 0.4) is 0 Å². The molecule has 0 saturated heterocycles. The van der Waals surface area contributed by atoms with Gasteiger partial charge in [0.05, 0.1) is 11.1 Å². The molecular formula is C29H30F2N2O4. The number of carboxylic acids is 1. The Kier molecular flexibility index (Phi) is 8.98. The third kappa shape index (κ3) is 7.35. The van der Waals surface area contributed by atoms with Crippen LogP contribution in [0.4, 0.5) is 8.78 Å². The SMILES string of the molecule is CCc1c(F)cc(CC(C)(C)NC[C@H](O)COc2cc(-c3ccc(C(=O)O)cc3)ccc2C#N)cc1F. The fourth-order valence-corrected chi connectivity index (χ4v) is 4.03. The number of benzene rings is 3. The molecule has 37 heavy (non-hydrogen) atoms. The Morgan fingerprint density at radius 1 is 1.08 bits per heavy atom. The molecule has 6 nitrogen and oxygen atoms in total. The minimum absolute atomic E-state index is 0.0696. The van der Waals surface area contributed by atoms with Crippen LogP contribution in [0.15, 0.2) is 54.6 Å². The van der Waals surface area contributed by atoms with Crippen molar-refractivity contribution in [3.05, 3.63) is 88.5 Å². The zero-order chi connectivity index (χ0) is 27.2. The van der Waals surface area contributed by atoms with Crippen molar-refractivity contribution in [1.29, 1.82) is 5.26 Å². The molecule has 0 spiro atoms. The van der Waals surface area contributed by atoms with Crippen molar-refractivity contribution >= 4 is 5.97 Å². The highest BCUT2D eigenvalue weighted by atomic mass is 19.1. The van der Waals surface area contributed by atoms with E-state index >= 15 is 0 Å². The van der Waals surface area contributed by atoms with Gasteiger partial charge in [0, 0.05) is 17.6 Å². The predicted molar refractivity (Wildman–Crippen MR) is 137 cm³/mol. The van der Waals surface area contributed by atoms with Crippen LogP contribution in [0, 0.1) is 23.0 Å². The first-order valence-electron chi connectivity index (χ1n) is 11.9. The van der Waals surface area contributed by atoms with Crippen molar-refractivity contribution in [3.63, 3.8) is 0 Å². The molecule has 1 atom stereocenters. The fourth-order valence-electron chi connectivity index (χ4n) is 4.03.